The summed E-state index contributed by atoms with van der Waals surface area (Å²) in [6, 6.07) is -1.16. The fourth-order valence-corrected chi connectivity index (χ4v) is 0.206. The maximum absolute atomic E-state index is 9.86. The van der Waals surface area contributed by atoms with E-state index in [0.717, 1.165) is 0 Å². The van der Waals surface area contributed by atoms with Crippen LogP contribution in [0.1, 0.15) is 6.92 Å². The van der Waals surface area contributed by atoms with E-state index in [9.17, 15) is 4.79 Å². The second-order valence-electron chi connectivity index (χ2n) is 1.60. The number of hydrogen-bond donors (Lipinski definition) is 3. The van der Waals surface area contributed by atoms with Gasteiger partial charge in [-0.25, -0.2) is 0 Å². The van der Waals surface area contributed by atoms with Gasteiger partial charge in [0, 0.05) is 0 Å². The summed E-state index contributed by atoms with van der Waals surface area (Å²) in [4.78, 5) is 9.86. The molecule has 0 aliphatic heterocycles. The van der Waals surface area contributed by atoms with Crippen molar-refractivity contribution >= 4 is 5.97 Å². The molecule has 0 aliphatic carbocycles. The van der Waals surface area contributed by atoms with Crippen molar-refractivity contribution in [2.24, 2.45) is 5.73 Å². The fourth-order valence-electron chi connectivity index (χ4n) is 0.206. The highest BCUT2D eigenvalue weighted by Gasteiger charge is 2.16. The van der Waals surface area contributed by atoms with Gasteiger partial charge >= 0.3 is 5.97 Å². The molecular weight excluding hydrogens is 222 g/mol. The molecule has 0 aromatic heterocycles. The molecule has 0 aromatic rings. The van der Waals surface area contributed by atoms with Crippen molar-refractivity contribution in [3.8, 4) is 0 Å². The number of aliphatic hydroxyl groups excluding tert-OH is 1. The summed E-state index contributed by atoms with van der Waals surface area (Å²) in [5.74, 6) is -1.18. The Morgan fingerprint density at radius 1 is 1.00 bits per heavy atom. The first-order chi connectivity index (χ1) is 3.55. The van der Waals surface area contributed by atoms with Crippen LogP contribution in [-0.2, 0) is 4.79 Å². The quantitative estimate of drug-likeness (QED) is 0.426. The molecule has 0 saturated carbocycles. The molecule has 11 nitrogen and oxygen atoms in total. The van der Waals surface area contributed by atoms with Crippen molar-refractivity contribution in [2.45, 2.75) is 19.1 Å². The van der Waals surface area contributed by atoms with E-state index in [1.54, 1.807) is 0 Å². The zero-order chi connectivity index (χ0) is 6.73. The molecule has 0 aromatic carbocycles. The van der Waals surface area contributed by atoms with Crippen LogP contribution in [-0.4, -0.2) is 66.7 Å². The van der Waals surface area contributed by atoms with Crippen LogP contribution >= 0.6 is 0 Å². The molecule has 2 atom stereocenters. The average molecular weight is 245 g/mol. The summed E-state index contributed by atoms with van der Waals surface area (Å²) in [5, 5.41) is 16.6. The van der Waals surface area contributed by atoms with Crippen LogP contribution in [0.2, 0.25) is 0 Å². The molecule has 0 spiro atoms. The molecular formula is C4H23NO10. The zero-order valence-electron chi connectivity index (χ0n) is 8.03. The summed E-state index contributed by atoms with van der Waals surface area (Å²) in [6.45, 7) is 1.33. The highest BCUT2D eigenvalue weighted by atomic mass is 16.4. The molecule has 0 rings (SSSR count). The van der Waals surface area contributed by atoms with E-state index in [0.29, 0.717) is 0 Å². The van der Waals surface area contributed by atoms with E-state index in [-0.39, 0.29) is 38.3 Å². The summed E-state index contributed by atoms with van der Waals surface area (Å²) < 4.78 is 0. The Bertz CT molecular complexity index is 97.4. The first-order valence-corrected chi connectivity index (χ1v) is 2.22. The smallest absolute Gasteiger partial charge is 0.323 e. The van der Waals surface area contributed by atoms with Gasteiger partial charge in [0.2, 0.25) is 0 Å². The molecule has 0 aliphatic rings. The molecule has 0 amide bonds. The number of rotatable bonds is 2. The second kappa shape index (κ2) is 29.2. The predicted molar refractivity (Wildman–Crippen MR) is 52.6 cm³/mol. The molecule has 0 bridgehead atoms. The maximum Gasteiger partial charge on any atom is 0.323 e. The van der Waals surface area contributed by atoms with Crippen LogP contribution in [0.3, 0.4) is 0 Å². The number of carboxylic acids is 1. The predicted octanol–water partition coefficient (Wildman–Crippen LogP) is -6.99. The van der Waals surface area contributed by atoms with Gasteiger partial charge in [0.05, 0.1) is 6.10 Å². The van der Waals surface area contributed by atoms with Crippen molar-refractivity contribution in [3.05, 3.63) is 0 Å². The lowest BCUT2D eigenvalue weighted by Crippen LogP contribution is -2.39. The summed E-state index contributed by atoms with van der Waals surface area (Å²) in [7, 11) is 0. The van der Waals surface area contributed by atoms with Gasteiger partial charge in [0.15, 0.2) is 0 Å². The van der Waals surface area contributed by atoms with E-state index in [4.69, 9.17) is 15.9 Å². The van der Waals surface area contributed by atoms with Crippen LogP contribution in [0.15, 0.2) is 0 Å². The standard InChI is InChI=1S/C4H9NO3.7H2O/c1-2(6)3(5)4(7)8;;;;;;;/h2-3,6H,5H2,1H3,(H,7,8);7*1H2/t2-,3+;;;;;;;/m1......./s1. The van der Waals surface area contributed by atoms with E-state index < -0.39 is 18.1 Å². The number of aliphatic hydroxyl groups is 1. The maximum atomic E-state index is 9.86. The minimum atomic E-state index is -1.18. The molecule has 0 saturated heterocycles. The summed E-state index contributed by atoms with van der Waals surface area (Å²) in [5.41, 5.74) is 4.91. The number of carbonyl (C=O) groups is 1. The van der Waals surface area contributed by atoms with Crippen LogP contribution in [0.4, 0.5) is 0 Å². The lowest BCUT2D eigenvalue weighted by atomic mass is 10.2. The van der Waals surface area contributed by atoms with Crippen molar-refractivity contribution < 1.29 is 53.3 Å². The molecule has 11 heteroatoms. The summed E-state index contributed by atoms with van der Waals surface area (Å²) in [6.07, 6.45) is -0.979. The molecule has 0 heterocycles. The molecule has 0 radical (unpaired) electrons. The number of nitrogens with two attached hydrogens (primary N) is 1. The van der Waals surface area contributed by atoms with E-state index in [1.165, 1.54) is 6.92 Å². The van der Waals surface area contributed by atoms with E-state index in [2.05, 4.69) is 0 Å². The largest absolute Gasteiger partial charge is 0.480 e. The Balaban J connectivity index is -0.0000000117. The Morgan fingerprint density at radius 3 is 1.20 bits per heavy atom. The average Bonchev–Trinajstić information content (AvgIpc) is 1.64. The number of carboxylic acid groups (broad SMARTS) is 1. The Morgan fingerprint density at radius 2 is 1.20 bits per heavy atom. The van der Waals surface area contributed by atoms with Gasteiger partial charge in [0.1, 0.15) is 6.04 Å². The van der Waals surface area contributed by atoms with Gasteiger partial charge in [-0.2, -0.15) is 0 Å². The van der Waals surface area contributed by atoms with Crippen LogP contribution in [0.5, 0.6) is 0 Å². The van der Waals surface area contributed by atoms with E-state index >= 15 is 0 Å². The van der Waals surface area contributed by atoms with Crippen LogP contribution < -0.4 is 5.73 Å². The molecule has 0 fully saturated rings. The zero-order valence-corrected chi connectivity index (χ0v) is 8.03. The van der Waals surface area contributed by atoms with Gasteiger partial charge in [-0.3, -0.25) is 4.79 Å². The van der Waals surface area contributed by atoms with Gasteiger partial charge < -0.3 is 54.3 Å². The number of hydrogen-bond acceptors (Lipinski definition) is 3. The monoisotopic (exact) mass is 245 g/mol. The molecule has 0 unspecified atom stereocenters. The third-order valence-electron chi connectivity index (χ3n) is 0.805. The van der Waals surface area contributed by atoms with E-state index in [1.807, 2.05) is 0 Å². The minimum Gasteiger partial charge on any atom is -0.480 e. The molecule has 104 valence electrons. The summed E-state index contributed by atoms with van der Waals surface area (Å²) >= 11 is 0. The third kappa shape index (κ3) is 32.0. The molecule has 15 heavy (non-hydrogen) atoms. The Hall–Kier alpha value is -0.890. The topological polar surface area (TPSA) is 304 Å². The SMILES string of the molecule is C[C@@H](O)[C@H](N)C(=O)O.O.O.O.O.O.O.O. The minimum absolute atomic E-state index is 0. The normalized spacial score (nSPS) is 9.27. The first-order valence-electron chi connectivity index (χ1n) is 2.22. The van der Waals surface area contributed by atoms with Crippen LogP contribution in [0, 0.1) is 0 Å². The van der Waals surface area contributed by atoms with Gasteiger partial charge in [-0.15, -0.1) is 0 Å². The number of aliphatic carboxylic acids is 1. The van der Waals surface area contributed by atoms with Gasteiger partial charge in [-0.1, -0.05) is 0 Å². The Labute approximate surface area is 85.3 Å². The van der Waals surface area contributed by atoms with Gasteiger partial charge in [0.25, 0.3) is 0 Å². The third-order valence-corrected chi connectivity index (χ3v) is 0.805. The highest BCUT2D eigenvalue weighted by molar-refractivity contribution is 5.73. The highest BCUT2D eigenvalue weighted by Crippen LogP contribution is 1.85. The second-order valence-corrected chi connectivity index (χ2v) is 1.60. The van der Waals surface area contributed by atoms with Crippen molar-refractivity contribution in [2.75, 3.05) is 0 Å². The van der Waals surface area contributed by atoms with Crippen molar-refractivity contribution in [3.63, 3.8) is 0 Å². The first kappa shape index (κ1) is 65.0. The van der Waals surface area contributed by atoms with Crippen molar-refractivity contribution in [1.29, 1.82) is 0 Å². The molecule has 18 N–H and O–H groups in total. The van der Waals surface area contributed by atoms with Crippen molar-refractivity contribution in [1.82, 2.24) is 0 Å². The fraction of sp³-hybridized carbons (Fsp3) is 0.750. The van der Waals surface area contributed by atoms with Crippen LogP contribution in [0.25, 0.3) is 0 Å². The lowest BCUT2D eigenvalue weighted by Gasteiger charge is -2.06. The lowest BCUT2D eigenvalue weighted by molar-refractivity contribution is -0.140. The van der Waals surface area contributed by atoms with Gasteiger partial charge in [-0.05, 0) is 6.92 Å². The Kier molecular flexibility index (Phi) is 127.